The van der Waals surface area contributed by atoms with Gasteiger partial charge in [-0.25, -0.2) is 4.79 Å². The molecule has 1 atom stereocenters. The van der Waals surface area contributed by atoms with E-state index >= 15 is 0 Å². The van der Waals surface area contributed by atoms with E-state index in [1.165, 1.54) is 0 Å². The molecule has 110 valence electrons. The van der Waals surface area contributed by atoms with Crippen LogP contribution in [0.15, 0.2) is 22.7 Å². The number of urea groups is 1. The highest BCUT2D eigenvalue weighted by molar-refractivity contribution is 9.10. The highest BCUT2D eigenvalue weighted by Gasteiger charge is 2.19. The molecular formula is C13H18BrN3O2S. The van der Waals surface area contributed by atoms with Gasteiger partial charge in [-0.15, -0.1) is 0 Å². The third-order valence-corrected chi connectivity index (χ3v) is 3.83. The molecule has 0 radical (unpaired) electrons. The fourth-order valence-electron chi connectivity index (χ4n) is 1.66. The fourth-order valence-corrected chi connectivity index (χ4v) is 2.61. The molecule has 0 aliphatic heterocycles. The van der Waals surface area contributed by atoms with Crippen molar-refractivity contribution in [1.29, 1.82) is 0 Å². The van der Waals surface area contributed by atoms with Crippen LogP contribution in [0.4, 0.5) is 10.5 Å². The highest BCUT2D eigenvalue weighted by Crippen LogP contribution is 2.20. The van der Waals surface area contributed by atoms with E-state index in [4.69, 9.17) is 5.73 Å². The Balaban J connectivity index is 2.76. The zero-order chi connectivity index (χ0) is 15.1. The van der Waals surface area contributed by atoms with Crippen molar-refractivity contribution < 1.29 is 9.59 Å². The average Bonchev–Trinajstić information content (AvgIpc) is 2.37. The van der Waals surface area contributed by atoms with Gasteiger partial charge < -0.3 is 16.4 Å². The SMILES string of the molecule is CSCCC(NC(N)=O)C(=O)Nc1ccc(Br)cc1C. The van der Waals surface area contributed by atoms with Crippen molar-refractivity contribution in [2.75, 3.05) is 17.3 Å². The zero-order valence-corrected chi connectivity index (χ0v) is 13.8. The summed E-state index contributed by atoms with van der Waals surface area (Å²) in [7, 11) is 0. The van der Waals surface area contributed by atoms with Crippen molar-refractivity contribution in [2.45, 2.75) is 19.4 Å². The Labute approximate surface area is 131 Å². The molecule has 0 saturated heterocycles. The van der Waals surface area contributed by atoms with Crippen molar-refractivity contribution >= 4 is 45.3 Å². The van der Waals surface area contributed by atoms with Gasteiger partial charge >= 0.3 is 6.03 Å². The van der Waals surface area contributed by atoms with Crippen LogP contribution >= 0.6 is 27.7 Å². The number of halogens is 1. The summed E-state index contributed by atoms with van der Waals surface area (Å²) in [6, 6.07) is 4.25. The third kappa shape index (κ3) is 5.42. The Kier molecular flexibility index (Phi) is 6.87. The first-order chi connectivity index (χ1) is 9.43. The standard InChI is InChI=1S/C13H18BrN3O2S/c1-8-7-9(14)3-4-10(8)16-12(18)11(5-6-20-2)17-13(15)19/h3-4,7,11H,5-6H2,1-2H3,(H,16,18)(H3,15,17,19). The number of nitrogens with two attached hydrogens (primary N) is 1. The predicted molar refractivity (Wildman–Crippen MR) is 87.0 cm³/mol. The Morgan fingerprint density at radius 1 is 1.45 bits per heavy atom. The Morgan fingerprint density at radius 2 is 2.15 bits per heavy atom. The maximum Gasteiger partial charge on any atom is 0.312 e. The summed E-state index contributed by atoms with van der Waals surface area (Å²) in [6.45, 7) is 1.90. The molecule has 0 aliphatic rings. The quantitative estimate of drug-likeness (QED) is 0.729. The van der Waals surface area contributed by atoms with E-state index in [9.17, 15) is 9.59 Å². The number of aryl methyl sites for hydroxylation is 1. The molecule has 1 aromatic rings. The van der Waals surface area contributed by atoms with Gasteiger partial charge in [0.1, 0.15) is 6.04 Å². The molecule has 20 heavy (non-hydrogen) atoms. The minimum atomic E-state index is -0.696. The lowest BCUT2D eigenvalue weighted by Crippen LogP contribution is -2.46. The number of hydrogen-bond acceptors (Lipinski definition) is 3. The maximum absolute atomic E-state index is 12.2. The number of amides is 3. The Hall–Kier alpha value is -1.21. The molecule has 0 aromatic heterocycles. The summed E-state index contributed by atoms with van der Waals surface area (Å²) in [6.07, 6.45) is 2.48. The molecule has 0 spiro atoms. The van der Waals surface area contributed by atoms with Gasteiger partial charge in [0.05, 0.1) is 0 Å². The largest absolute Gasteiger partial charge is 0.352 e. The molecule has 0 bridgehead atoms. The van der Waals surface area contributed by atoms with Crippen molar-refractivity contribution in [3.63, 3.8) is 0 Å². The summed E-state index contributed by atoms with van der Waals surface area (Å²) >= 11 is 4.98. The number of rotatable bonds is 6. The normalized spacial score (nSPS) is 11.8. The third-order valence-electron chi connectivity index (χ3n) is 2.69. The summed E-state index contributed by atoms with van der Waals surface area (Å²) in [5, 5.41) is 5.28. The van der Waals surface area contributed by atoms with Crippen molar-refractivity contribution in [3.8, 4) is 0 Å². The molecule has 0 aliphatic carbocycles. The maximum atomic E-state index is 12.2. The Bertz CT molecular complexity index is 497. The second-order valence-electron chi connectivity index (χ2n) is 4.29. The molecule has 7 heteroatoms. The number of hydrogen-bond donors (Lipinski definition) is 3. The molecule has 1 rings (SSSR count). The van der Waals surface area contributed by atoms with Gasteiger partial charge in [-0.1, -0.05) is 15.9 Å². The molecule has 4 N–H and O–H groups in total. The molecule has 5 nitrogen and oxygen atoms in total. The van der Waals surface area contributed by atoms with Crippen molar-refractivity contribution in [3.05, 3.63) is 28.2 Å². The molecule has 1 unspecified atom stereocenters. The first-order valence-corrected chi connectivity index (χ1v) is 8.24. The monoisotopic (exact) mass is 359 g/mol. The minimum Gasteiger partial charge on any atom is -0.352 e. The molecule has 0 heterocycles. The van der Waals surface area contributed by atoms with Crippen LogP contribution in [-0.2, 0) is 4.79 Å². The van der Waals surface area contributed by atoms with Crippen LogP contribution in [-0.4, -0.2) is 30.0 Å². The molecule has 3 amide bonds. The molecule has 0 saturated carbocycles. The van der Waals surface area contributed by atoms with E-state index in [-0.39, 0.29) is 5.91 Å². The number of primary amides is 1. The first-order valence-electron chi connectivity index (χ1n) is 6.06. The summed E-state index contributed by atoms with van der Waals surface area (Å²) < 4.78 is 0.946. The van der Waals surface area contributed by atoms with E-state index in [0.29, 0.717) is 6.42 Å². The van der Waals surface area contributed by atoms with Crippen LogP contribution in [0.5, 0.6) is 0 Å². The van der Waals surface area contributed by atoms with Crippen LogP contribution in [0, 0.1) is 6.92 Å². The van der Waals surface area contributed by atoms with E-state index < -0.39 is 12.1 Å². The van der Waals surface area contributed by atoms with Crippen molar-refractivity contribution in [1.82, 2.24) is 5.32 Å². The lowest BCUT2D eigenvalue weighted by molar-refractivity contribution is -0.117. The van der Waals surface area contributed by atoms with Crippen LogP contribution in [0.3, 0.4) is 0 Å². The van der Waals surface area contributed by atoms with Crippen LogP contribution < -0.4 is 16.4 Å². The number of carbonyl (C=O) groups excluding carboxylic acids is 2. The molecule has 1 aromatic carbocycles. The predicted octanol–water partition coefficient (Wildman–Crippen LogP) is 2.49. The van der Waals surface area contributed by atoms with Gasteiger partial charge in [0, 0.05) is 10.2 Å². The zero-order valence-electron chi connectivity index (χ0n) is 11.4. The van der Waals surface area contributed by atoms with Crippen LogP contribution in [0.25, 0.3) is 0 Å². The van der Waals surface area contributed by atoms with E-state index in [2.05, 4.69) is 26.6 Å². The van der Waals surface area contributed by atoms with Gasteiger partial charge in [-0.2, -0.15) is 11.8 Å². The fraction of sp³-hybridized carbons (Fsp3) is 0.385. The van der Waals surface area contributed by atoms with E-state index in [1.807, 2.05) is 31.4 Å². The number of thioether (sulfide) groups is 1. The number of carbonyl (C=O) groups is 2. The summed E-state index contributed by atoms with van der Waals surface area (Å²) in [5.74, 6) is 0.501. The number of nitrogens with one attached hydrogen (secondary N) is 2. The first kappa shape index (κ1) is 16.8. The smallest absolute Gasteiger partial charge is 0.312 e. The molecule has 0 fully saturated rings. The highest BCUT2D eigenvalue weighted by atomic mass is 79.9. The second kappa shape index (κ2) is 8.16. The number of benzene rings is 1. The Morgan fingerprint density at radius 3 is 2.70 bits per heavy atom. The van der Waals surface area contributed by atoms with Crippen molar-refractivity contribution in [2.24, 2.45) is 5.73 Å². The van der Waals surface area contributed by atoms with Gasteiger partial charge in [0.2, 0.25) is 5.91 Å². The second-order valence-corrected chi connectivity index (χ2v) is 6.19. The van der Waals surface area contributed by atoms with Crippen LogP contribution in [0.2, 0.25) is 0 Å². The van der Waals surface area contributed by atoms with E-state index in [0.717, 1.165) is 21.5 Å². The van der Waals surface area contributed by atoms with Gasteiger partial charge in [0.25, 0.3) is 0 Å². The lowest BCUT2D eigenvalue weighted by Gasteiger charge is -2.17. The molecular weight excluding hydrogens is 342 g/mol. The van der Waals surface area contributed by atoms with E-state index in [1.54, 1.807) is 11.8 Å². The topological polar surface area (TPSA) is 84.2 Å². The lowest BCUT2D eigenvalue weighted by atomic mass is 10.1. The van der Waals surface area contributed by atoms with Gasteiger partial charge in [0.15, 0.2) is 0 Å². The average molecular weight is 360 g/mol. The van der Waals surface area contributed by atoms with Crippen LogP contribution in [0.1, 0.15) is 12.0 Å². The van der Waals surface area contributed by atoms with Gasteiger partial charge in [-0.05, 0) is 49.1 Å². The van der Waals surface area contributed by atoms with Gasteiger partial charge in [-0.3, -0.25) is 4.79 Å². The summed E-state index contributed by atoms with van der Waals surface area (Å²) in [4.78, 5) is 23.1. The summed E-state index contributed by atoms with van der Waals surface area (Å²) in [5.41, 5.74) is 6.76. The minimum absolute atomic E-state index is 0.261. The number of anilines is 1.